The largest absolute Gasteiger partial charge is 0.496 e. The first-order chi connectivity index (χ1) is 15.5. The number of aryl methyl sites for hydroxylation is 2. The Kier molecular flexibility index (Phi) is 6.32. The second-order valence-electron chi connectivity index (χ2n) is 7.12. The Morgan fingerprint density at radius 2 is 1.97 bits per heavy atom. The van der Waals surface area contributed by atoms with Crippen LogP contribution in [0.5, 0.6) is 5.75 Å². The number of hydrogen-bond acceptors (Lipinski definition) is 5. The summed E-state index contributed by atoms with van der Waals surface area (Å²) in [6, 6.07) is 12.9. The van der Waals surface area contributed by atoms with Crippen molar-refractivity contribution < 1.29 is 14.3 Å². The van der Waals surface area contributed by atoms with Crippen LogP contribution in [-0.2, 0) is 24.4 Å². The molecule has 0 aliphatic carbocycles. The SMILES string of the molecule is CCn1nc(-c2ccc(Cl)cc2OC)cc1COC(=O)Nc1ccc2c(c1)ncn2CC. The van der Waals surface area contributed by atoms with E-state index in [9.17, 15) is 4.79 Å². The van der Waals surface area contributed by atoms with Gasteiger partial charge in [0.05, 0.1) is 35.9 Å². The van der Waals surface area contributed by atoms with Crippen LogP contribution < -0.4 is 10.1 Å². The lowest BCUT2D eigenvalue weighted by atomic mass is 10.1. The normalized spacial score (nSPS) is 11.0. The van der Waals surface area contributed by atoms with Gasteiger partial charge in [-0.05, 0) is 56.3 Å². The second kappa shape index (κ2) is 9.32. The standard InChI is InChI=1S/C23H24ClN5O3/c1-4-28-14-25-20-11-16(7-9-21(20)28)26-23(30)32-13-17-12-19(27-29(17)5-2)18-8-6-15(24)10-22(18)31-3/h6-12,14H,4-5,13H2,1-3H3,(H,26,30). The summed E-state index contributed by atoms with van der Waals surface area (Å²) in [7, 11) is 1.59. The summed E-state index contributed by atoms with van der Waals surface area (Å²) < 4.78 is 14.7. The highest BCUT2D eigenvalue weighted by molar-refractivity contribution is 6.30. The van der Waals surface area contributed by atoms with E-state index >= 15 is 0 Å². The average Bonchev–Trinajstić information content (AvgIpc) is 3.40. The van der Waals surface area contributed by atoms with Crippen molar-refractivity contribution in [2.45, 2.75) is 33.5 Å². The number of amides is 1. The number of halogens is 1. The first-order valence-electron chi connectivity index (χ1n) is 10.3. The first-order valence-corrected chi connectivity index (χ1v) is 10.7. The fourth-order valence-electron chi connectivity index (χ4n) is 3.54. The minimum Gasteiger partial charge on any atom is -0.496 e. The molecule has 0 aliphatic rings. The summed E-state index contributed by atoms with van der Waals surface area (Å²) in [5.41, 5.74) is 4.76. The molecule has 32 heavy (non-hydrogen) atoms. The predicted octanol–water partition coefficient (Wildman–Crippen LogP) is 5.35. The predicted molar refractivity (Wildman–Crippen MR) is 124 cm³/mol. The number of aromatic nitrogens is 4. The molecule has 0 spiro atoms. The molecular formula is C23H24ClN5O3. The van der Waals surface area contributed by atoms with Gasteiger partial charge in [-0.2, -0.15) is 5.10 Å². The quantitative estimate of drug-likeness (QED) is 0.407. The molecule has 0 saturated carbocycles. The van der Waals surface area contributed by atoms with E-state index in [0.717, 1.165) is 34.5 Å². The number of hydrogen-bond donors (Lipinski definition) is 1. The van der Waals surface area contributed by atoms with Crippen LogP contribution in [0, 0.1) is 0 Å². The number of rotatable bonds is 7. The van der Waals surface area contributed by atoms with Gasteiger partial charge in [-0.25, -0.2) is 9.78 Å². The van der Waals surface area contributed by atoms with Crippen molar-refractivity contribution >= 4 is 34.4 Å². The molecule has 8 nitrogen and oxygen atoms in total. The van der Waals surface area contributed by atoms with E-state index in [1.807, 2.05) is 41.8 Å². The minimum atomic E-state index is -0.547. The molecular weight excluding hydrogens is 430 g/mol. The Labute approximate surface area is 190 Å². The number of carbonyl (C=O) groups excluding carboxylic acids is 1. The molecule has 4 rings (SSSR count). The third-order valence-electron chi connectivity index (χ3n) is 5.16. The Balaban J connectivity index is 1.46. The molecule has 9 heteroatoms. The van der Waals surface area contributed by atoms with E-state index in [1.165, 1.54) is 0 Å². The van der Waals surface area contributed by atoms with Gasteiger partial charge < -0.3 is 14.0 Å². The van der Waals surface area contributed by atoms with Crippen LogP contribution in [0.2, 0.25) is 5.02 Å². The maximum Gasteiger partial charge on any atom is 0.412 e. The Morgan fingerprint density at radius 1 is 1.12 bits per heavy atom. The molecule has 2 aromatic carbocycles. The van der Waals surface area contributed by atoms with E-state index < -0.39 is 6.09 Å². The number of fused-ring (bicyclic) bond motifs is 1. The fraction of sp³-hybridized carbons (Fsp3) is 0.261. The molecule has 0 bridgehead atoms. The molecule has 4 aromatic rings. The lowest BCUT2D eigenvalue weighted by Crippen LogP contribution is -2.15. The molecule has 0 saturated heterocycles. The highest BCUT2D eigenvalue weighted by atomic mass is 35.5. The van der Waals surface area contributed by atoms with Crippen molar-refractivity contribution in [1.29, 1.82) is 0 Å². The van der Waals surface area contributed by atoms with Crippen molar-refractivity contribution in [3.05, 3.63) is 59.5 Å². The van der Waals surface area contributed by atoms with Gasteiger partial charge in [0, 0.05) is 29.4 Å². The van der Waals surface area contributed by atoms with Crippen LogP contribution in [0.1, 0.15) is 19.5 Å². The van der Waals surface area contributed by atoms with Gasteiger partial charge in [0.25, 0.3) is 0 Å². The second-order valence-corrected chi connectivity index (χ2v) is 7.55. The number of benzene rings is 2. The van der Waals surface area contributed by atoms with Gasteiger partial charge in [-0.1, -0.05) is 11.6 Å². The molecule has 0 fully saturated rings. The molecule has 2 aromatic heterocycles. The van der Waals surface area contributed by atoms with E-state index in [1.54, 1.807) is 30.3 Å². The summed E-state index contributed by atoms with van der Waals surface area (Å²) in [4.78, 5) is 16.7. The van der Waals surface area contributed by atoms with Crippen molar-refractivity contribution in [1.82, 2.24) is 19.3 Å². The fourth-order valence-corrected chi connectivity index (χ4v) is 3.70. The lowest BCUT2D eigenvalue weighted by molar-refractivity contribution is 0.151. The van der Waals surface area contributed by atoms with Gasteiger partial charge in [0.2, 0.25) is 0 Å². The number of ether oxygens (including phenoxy) is 2. The Bertz CT molecular complexity index is 1260. The van der Waals surface area contributed by atoms with Crippen LogP contribution in [0.3, 0.4) is 0 Å². The van der Waals surface area contributed by atoms with E-state index in [0.29, 0.717) is 23.0 Å². The van der Waals surface area contributed by atoms with Gasteiger partial charge in [-0.3, -0.25) is 10.00 Å². The molecule has 166 valence electrons. The highest BCUT2D eigenvalue weighted by Gasteiger charge is 2.15. The summed E-state index contributed by atoms with van der Waals surface area (Å²) >= 11 is 6.06. The van der Waals surface area contributed by atoms with Crippen LogP contribution in [0.4, 0.5) is 10.5 Å². The smallest absolute Gasteiger partial charge is 0.412 e. The maximum atomic E-state index is 12.4. The topological polar surface area (TPSA) is 83.2 Å². The summed E-state index contributed by atoms with van der Waals surface area (Å²) in [6.07, 6.45) is 1.24. The zero-order chi connectivity index (χ0) is 22.7. The zero-order valence-electron chi connectivity index (χ0n) is 18.1. The number of nitrogens with one attached hydrogen (secondary N) is 1. The van der Waals surface area contributed by atoms with Crippen molar-refractivity contribution in [2.24, 2.45) is 0 Å². The van der Waals surface area contributed by atoms with Gasteiger partial charge in [0.1, 0.15) is 12.4 Å². The van der Waals surface area contributed by atoms with Crippen LogP contribution in [-0.4, -0.2) is 32.5 Å². The number of methoxy groups -OCH3 is 1. The van der Waals surface area contributed by atoms with Crippen molar-refractivity contribution in [3.8, 4) is 17.0 Å². The van der Waals surface area contributed by atoms with Crippen molar-refractivity contribution in [3.63, 3.8) is 0 Å². The molecule has 1 amide bonds. The summed E-state index contributed by atoms with van der Waals surface area (Å²) in [5, 5.41) is 7.96. The molecule has 0 radical (unpaired) electrons. The van der Waals surface area contributed by atoms with Crippen molar-refractivity contribution in [2.75, 3.05) is 12.4 Å². The van der Waals surface area contributed by atoms with Gasteiger partial charge in [-0.15, -0.1) is 0 Å². The molecule has 2 heterocycles. The summed E-state index contributed by atoms with van der Waals surface area (Å²) in [5.74, 6) is 0.629. The third-order valence-corrected chi connectivity index (χ3v) is 5.40. The van der Waals surface area contributed by atoms with E-state index in [2.05, 4.69) is 22.3 Å². The zero-order valence-corrected chi connectivity index (χ0v) is 18.9. The van der Waals surface area contributed by atoms with E-state index in [-0.39, 0.29) is 6.61 Å². The Morgan fingerprint density at radius 3 is 2.72 bits per heavy atom. The van der Waals surface area contributed by atoms with Gasteiger partial charge >= 0.3 is 6.09 Å². The molecule has 0 aliphatic heterocycles. The molecule has 0 atom stereocenters. The van der Waals surface area contributed by atoms with Gasteiger partial charge in [0.15, 0.2) is 0 Å². The minimum absolute atomic E-state index is 0.0787. The molecule has 1 N–H and O–H groups in total. The monoisotopic (exact) mass is 453 g/mol. The molecule has 0 unspecified atom stereocenters. The van der Waals surface area contributed by atoms with Crippen LogP contribution in [0.25, 0.3) is 22.3 Å². The third kappa shape index (κ3) is 4.40. The average molecular weight is 454 g/mol. The first kappa shape index (κ1) is 21.7. The Hall–Kier alpha value is -3.52. The lowest BCUT2D eigenvalue weighted by Gasteiger charge is -2.08. The maximum absolute atomic E-state index is 12.4. The van der Waals surface area contributed by atoms with E-state index in [4.69, 9.17) is 21.1 Å². The highest BCUT2D eigenvalue weighted by Crippen LogP contribution is 2.32. The van der Waals surface area contributed by atoms with Crippen LogP contribution in [0.15, 0.2) is 48.8 Å². The summed E-state index contributed by atoms with van der Waals surface area (Å²) in [6.45, 7) is 5.58. The number of carbonyl (C=O) groups is 1. The number of nitrogens with zero attached hydrogens (tertiary/aromatic N) is 4. The van der Waals surface area contributed by atoms with Crippen LogP contribution >= 0.6 is 11.6 Å². The number of imidazole rings is 1. The number of anilines is 1.